The van der Waals surface area contributed by atoms with E-state index in [0.717, 1.165) is 36.1 Å². The van der Waals surface area contributed by atoms with Crippen molar-refractivity contribution in [1.82, 2.24) is 0 Å². The van der Waals surface area contributed by atoms with Gasteiger partial charge in [0.2, 0.25) is 0 Å². The smallest absolute Gasteiger partial charge is 0.256 e. The zero-order chi connectivity index (χ0) is 19.4. The maximum absolute atomic E-state index is 12.8. The molecule has 6 nitrogen and oxygen atoms in total. The normalized spacial score (nSPS) is 13.0. The maximum Gasteiger partial charge on any atom is 0.256 e. The highest BCUT2D eigenvalue weighted by Gasteiger charge is 2.25. The fraction of sp³-hybridized carbons (Fsp3) is 0.400. The summed E-state index contributed by atoms with van der Waals surface area (Å²) in [7, 11) is 0. The summed E-state index contributed by atoms with van der Waals surface area (Å²) in [6.45, 7) is 4.74. The number of ether oxygens (including phenoxy) is 2. The molecule has 144 valence electrons. The second-order valence-corrected chi connectivity index (χ2v) is 7.37. The van der Waals surface area contributed by atoms with E-state index in [1.165, 1.54) is 11.3 Å². The molecule has 3 N–H and O–H groups in total. The lowest BCUT2D eigenvalue weighted by Crippen LogP contribution is -2.18. The van der Waals surface area contributed by atoms with Crippen LogP contribution in [0.1, 0.15) is 57.8 Å². The molecule has 0 unspecified atom stereocenters. The molecule has 27 heavy (non-hydrogen) atoms. The zero-order valence-electron chi connectivity index (χ0n) is 15.6. The summed E-state index contributed by atoms with van der Waals surface area (Å²) in [5.74, 6) is 0.319. The molecule has 0 aliphatic heterocycles. The molecule has 0 saturated heterocycles. The van der Waals surface area contributed by atoms with Gasteiger partial charge in [-0.05, 0) is 63.3 Å². The Morgan fingerprint density at radius 2 is 1.81 bits per heavy atom. The Balaban J connectivity index is 1.88. The molecule has 7 heteroatoms. The number of fused-ring (bicyclic) bond motifs is 1. The van der Waals surface area contributed by atoms with E-state index in [9.17, 15) is 9.59 Å². The lowest BCUT2D eigenvalue weighted by atomic mass is 9.95. The molecule has 0 fully saturated rings. The van der Waals surface area contributed by atoms with E-state index in [1.54, 1.807) is 18.2 Å². The van der Waals surface area contributed by atoms with Crippen LogP contribution in [0.3, 0.4) is 0 Å². The zero-order valence-corrected chi connectivity index (χ0v) is 16.4. The molecule has 2 aromatic rings. The van der Waals surface area contributed by atoms with Crippen molar-refractivity contribution >= 4 is 28.2 Å². The number of primary amides is 1. The minimum atomic E-state index is -0.494. The molecule has 1 aliphatic carbocycles. The van der Waals surface area contributed by atoms with Gasteiger partial charge in [-0.15, -0.1) is 11.3 Å². The standard InChI is InChI=1S/C20H24N2O4S/c1-3-25-14-10-9-12(11-15(14)26-4-2)19(24)22-20-17(18(21)23)13-7-5-6-8-16(13)27-20/h9-11H,3-8H2,1-2H3,(H2,21,23)(H,22,24). The van der Waals surface area contributed by atoms with Gasteiger partial charge in [-0.2, -0.15) is 0 Å². The number of nitrogens with one attached hydrogen (secondary N) is 1. The Labute approximate surface area is 162 Å². The summed E-state index contributed by atoms with van der Waals surface area (Å²) in [6, 6.07) is 5.05. The second-order valence-electron chi connectivity index (χ2n) is 6.26. The Morgan fingerprint density at radius 3 is 2.52 bits per heavy atom. The van der Waals surface area contributed by atoms with Crippen LogP contribution in [0.4, 0.5) is 5.00 Å². The van der Waals surface area contributed by atoms with Gasteiger partial charge in [-0.3, -0.25) is 9.59 Å². The van der Waals surface area contributed by atoms with Crippen molar-refractivity contribution in [2.75, 3.05) is 18.5 Å². The molecule has 2 amide bonds. The van der Waals surface area contributed by atoms with Crippen molar-refractivity contribution in [3.8, 4) is 11.5 Å². The summed E-state index contributed by atoms with van der Waals surface area (Å²) >= 11 is 1.45. The largest absolute Gasteiger partial charge is 0.490 e. The number of carbonyl (C=O) groups is 2. The third-order valence-corrected chi connectivity index (χ3v) is 5.66. The summed E-state index contributed by atoms with van der Waals surface area (Å²) in [5.41, 5.74) is 7.48. The second kappa shape index (κ2) is 8.43. The molecule has 0 radical (unpaired) electrons. The first-order chi connectivity index (χ1) is 13.0. The summed E-state index contributed by atoms with van der Waals surface area (Å²) in [5, 5.41) is 3.40. The van der Waals surface area contributed by atoms with Crippen LogP contribution in [-0.4, -0.2) is 25.0 Å². The molecule has 0 spiro atoms. The fourth-order valence-electron chi connectivity index (χ4n) is 3.28. The van der Waals surface area contributed by atoms with Crippen LogP contribution >= 0.6 is 11.3 Å². The molecule has 3 rings (SSSR count). The van der Waals surface area contributed by atoms with Crippen molar-refractivity contribution < 1.29 is 19.1 Å². The molecule has 1 aromatic carbocycles. The van der Waals surface area contributed by atoms with E-state index < -0.39 is 5.91 Å². The molecule has 0 bridgehead atoms. The van der Waals surface area contributed by atoms with Crippen LogP contribution in [0.2, 0.25) is 0 Å². The minimum Gasteiger partial charge on any atom is -0.490 e. The first-order valence-electron chi connectivity index (χ1n) is 9.20. The Morgan fingerprint density at radius 1 is 1.11 bits per heavy atom. The quantitative estimate of drug-likeness (QED) is 0.755. The number of benzene rings is 1. The van der Waals surface area contributed by atoms with Crippen molar-refractivity contribution in [2.45, 2.75) is 39.5 Å². The van der Waals surface area contributed by atoms with Gasteiger partial charge in [0.1, 0.15) is 5.00 Å². The van der Waals surface area contributed by atoms with Crippen molar-refractivity contribution in [3.05, 3.63) is 39.8 Å². The van der Waals surface area contributed by atoms with E-state index in [-0.39, 0.29) is 5.91 Å². The molecule has 1 aromatic heterocycles. The highest BCUT2D eigenvalue weighted by Crippen LogP contribution is 2.38. The van der Waals surface area contributed by atoms with Crippen molar-refractivity contribution in [2.24, 2.45) is 5.73 Å². The highest BCUT2D eigenvalue weighted by atomic mass is 32.1. The number of thiophene rings is 1. The number of nitrogens with two attached hydrogens (primary N) is 1. The molecule has 0 saturated carbocycles. The Kier molecular flexibility index (Phi) is 6.01. The van der Waals surface area contributed by atoms with Gasteiger partial charge in [0.25, 0.3) is 11.8 Å². The number of amides is 2. The topological polar surface area (TPSA) is 90.6 Å². The van der Waals surface area contributed by atoms with Gasteiger partial charge >= 0.3 is 0 Å². The summed E-state index contributed by atoms with van der Waals surface area (Å²) < 4.78 is 11.1. The predicted molar refractivity (Wildman–Crippen MR) is 106 cm³/mol. The van der Waals surface area contributed by atoms with Gasteiger partial charge < -0.3 is 20.5 Å². The van der Waals surface area contributed by atoms with E-state index in [0.29, 0.717) is 40.8 Å². The van der Waals surface area contributed by atoms with Gasteiger partial charge in [-0.25, -0.2) is 0 Å². The Hall–Kier alpha value is -2.54. The number of carbonyl (C=O) groups excluding carboxylic acids is 2. The van der Waals surface area contributed by atoms with E-state index in [2.05, 4.69) is 5.32 Å². The predicted octanol–water partition coefficient (Wildman–Crippen LogP) is 3.78. The molecule has 1 aliphatic rings. The first-order valence-corrected chi connectivity index (χ1v) is 10.0. The molecular formula is C20H24N2O4S. The van der Waals surface area contributed by atoms with E-state index >= 15 is 0 Å². The third kappa shape index (κ3) is 4.08. The monoisotopic (exact) mass is 388 g/mol. The number of hydrogen-bond donors (Lipinski definition) is 2. The van der Waals surface area contributed by atoms with Crippen molar-refractivity contribution in [1.29, 1.82) is 0 Å². The average Bonchev–Trinajstić information content (AvgIpc) is 3.01. The van der Waals surface area contributed by atoms with Crippen LogP contribution in [-0.2, 0) is 12.8 Å². The van der Waals surface area contributed by atoms with Crippen LogP contribution in [0.25, 0.3) is 0 Å². The van der Waals surface area contributed by atoms with E-state index in [4.69, 9.17) is 15.2 Å². The molecule has 1 heterocycles. The van der Waals surface area contributed by atoms with Crippen LogP contribution in [0.15, 0.2) is 18.2 Å². The van der Waals surface area contributed by atoms with E-state index in [1.807, 2.05) is 13.8 Å². The van der Waals surface area contributed by atoms with Gasteiger partial charge in [0.15, 0.2) is 11.5 Å². The first kappa shape index (κ1) is 19.2. The number of rotatable bonds is 7. The molecular weight excluding hydrogens is 364 g/mol. The van der Waals surface area contributed by atoms with Gasteiger partial charge in [-0.1, -0.05) is 0 Å². The SMILES string of the molecule is CCOc1ccc(C(=O)Nc2sc3c(c2C(N)=O)CCCC3)cc1OCC. The van der Waals surface area contributed by atoms with Gasteiger partial charge in [0, 0.05) is 10.4 Å². The van der Waals surface area contributed by atoms with Crippen LogP contribution in [0.5, 0.6) is 11.5 Å². The van der Waals surface area contributed by atoms with Crippen molar-refractivity contribution in [3.63, 3.8) is 0 Å². The maximum atomic E-state index is 12.8. The molecule has 0 atom stereocenters. The van der Waals surface area contributed by atoms with Crippen LogP contribution in [0, 0.1) is 0 Å². The summed E-state index contributed by atoms with van der Waals surface area (Å²) in [4.78, 5) is 25.9. The average molecular weight is 388 g/mol. The number of aryl methyl sites for hydroxylation is 1. The lowest BCUT2D eigenvalue weighted by molar-refractivity contribution is 0.100. The number of anilines is 1. The summed E-state index contributed by atoms with van der Waals surface area (Å²) in [6.07, 6.45) is 3.88. The van der Waals surface area contributed by atoms with Gasteiger partial charge in [0.05, 0.1) is 18.8 Å². The fourth-order valence-corrected chi connectivity index (χ4v) is 4.57. The third-order valence-electron chi connectivity index (χ3n) is 4.45. The minimum absolute atomic E-state index is 0.305. The highest BCUT2D eigenvalue weighted by molar-refractivity contribution is 7.17. The van der Waals surface area contributed by atoms with Crippen LogP contribution < -0.4 is 20.5 Å². The lowest BCUT2D eigenvalue weighted by Gasteiger charge is -2.12. The Bertz CT molecular complexity index is 860. The number of hydrogen-bond acceptors (Lipinski definition) is 5.